The Morgan fingerprint density at radius 2 is 0.981 bits per heavy atom. The van der Waals surface area contributed by atoms with Gasteiger partial charge in [0.15, 0.2) is 0 Å². The fourth-order valence-electron chi connectivity index (χ4n) is 8.64. The predicted octanol–water partition coefficient (Wildman–Crippen LogP) is 12.9. The van der Waals surface area contributed by atoms with Crippen LogP contribution in [0.4, 0.5) is 0 Å². The summed E-state index contributed by atoms with van der Waals surface area (Å²) in [5, 5.41) is 11.8. The number of aromatic nitrogens is 3. The van der Waals surface area contributed by atoms with Gasteiger partial charge in [-0.3, -0.25) is 0 Å². The van der Waals surface area contributed by atoms with Gasteiger partial charge in [-0.25, -0.2) is 9.97 Å². The van der Waals surface area contributed by atoms with Gasteiger partial charge in [0.1, 0.15) is 11.2 Å². The van der Waals surface area contributed by atoms with E-state index >= 15 is 0 Å². The second-order valence-electron chi connectivity index (χ2n) is 13.7. The highest BCUT2D eigenvalue weighted by Crippen LogP contribution is 2.46. The molecule has 12 aromatic rings. The van der Waals surface area contributed by atoms with Crippen LogP contribution >= 0.6 is 0 Å². The molecule has 0 bridgehead atoms. The summed E-state index contributed by atoms with van der Waals surface area (Å²) in [5.41, 5.74) is 10.8. The number of fused-ring (bicyclic) bond motifs is 3. The third-order valence-corrected chi connectivity index (χ3v) is 10.9. The van der Waals surface area contributed by atoms with Crippen LogP contribution in [-0.4, -0.2) is 14.5 Å². The summed E-state index contributed by atoms with van der Waals surface area (Å²) >= 11 is 0. The lowest BCUT2D eigenvalue weighted by atomic mass is 9.96. The molecule has 0 aliphatic rings. The lowest BCUT2D eigenvalue weighted by molar-refractivity contribution is 0.664. The smallest absolute Gasteiger partial charge is 0.135 e. The first-order valence-electron chi connectivity index (χ1n) is 17.7. The lowest BCUT2D eigenvalue weighted by Crippen LogP contribution is -1.99. The van der Waals surface area contributed by atoms with Crippen LogP contribution in [0.3, 0.4) is 0 Å². The quantitative estimate of drug-likeness (QED) is 0.189. The monoisotopic (exact) mass is 661 g/mol. The fraction of sp³-hybridized carbons (Fsp3) is 0. The van der Waals surface area contributed by atoms with Crippen LogP contribution < -0.4 is 0 Å². The Hall–Kier alpha value is -7.04. The van der Waals surface area contributed by atoms with Crippen molar-refractivity contribution < 1.29 is 4.42 Å². The minimum absolute atomic E-state index is 0.872. The number of hydrogen-bond donors (Lipinski definition) is 0. The molecule has 0 saturated heterocycles. The molecule has 3 aromatic heterocycles. The molecule has 52 heavy (non-hydrogen) atoms. The number of rotatable bonds is 3. The van der Waals surface area contributed by atoms with E-state index in [2.05, 4.69) is 150 Å². The minimum atomic E-state index is 0.872. The van der Waals surface area contributed by atoms with E-state index in [-0.39, 0.29) is 0 Å². The maximum absolute atomic E-state index is 6.68. The first-order chi connectivity index (χ1) is 25.8. The number of nitrogens with zero attached hydrogens (tertiary/aromatic N) is 3. The van der Waals surface area contributed by atoms with Gasteiger partial charge in [-0.15, -0.1) is 0 Å². The molecule has 240 valence electrons. The van der Waals surface area contributed by atoms with Crippen LogP contribution in [0.5, 0.6) is 0 Å². The van der Waals surface area contributed by atoms with Gasteiger partial charge in [-0.05, 0) is 81.5 Å². The molecular formula is C48H27N3O. The first kappa shape index (κ1) is 27.7. The molecule has 0 fully saturated rings. The van der Waals surface area contributed by atoms with Crippen molar-refractivity contribution >= 4 is 87.1 Å². The average molecular weight is 662 g/mol. The van der Waals surface area contributed by atoms with Crippen molar-refractivity contribution in [1.82, 2.24) is 14.5 Å². The van der Waals surface area contributed by atoms with Crippen LogP contribution in [0.25, 0.3) is 115 Å². The van der Waals surface area contributed by atoms with Crippen LogP contribution in [0.1, 0.15) is 0 Å². The second-order valence-corrected chi connectivity index (χ2v) is 13.7. The van der Waals surface area contributed by atoms with E-state index in [1.54, 1.807) is 0 Å². The molecule has 9 aromatic carbocycles. The first-order valence-corrected chi connectivity index (χ1v) is 17.7. The summed E-state index contributed by atoms with van der Waals surface area (Å²) < 4.78 is 9.12. The molecule has 4 nitrogen and oxygen atoms in total. The molecule has 0 radical (unpaired) electrons. The van der Waals surface area contributed by atoms with E-state index in [4.69, 9.17) is 14.4 Å². The average Bonchev–Trinajstić information content (AvgIpc) is 3.46. The molecule has 0 unspecified atom stereocenters. The summed E-state index contributed by atoms with van der Waals surface area (Å²) in [5.74, 6) is 0. The SMILES string of the molecule is c1ccc2cc(-c3nc4ccccc4nc3-c3ccc(-n4c5ccc6cccc7oc8cccc9ccc4c(c98)c5c67)c4ccccc34)ccc2c1. The van der Waals surface area contributed by atoms with Crippen molar-refractivity contribution in [3.63, 3.8) is 0 Å². The van der Waals surface area contributed by atoms with Crippen LogP contribution in [0.15, 0.2) is 168 Å². The summed E-state index contributed by atoms with van der Waals surface area (Å²) in [6, 6.07) is 58.2. The molecular weight excluding hydrogens is 635 g/mol. The Morgan fingerprint density at radius 1 is 0.404 bits per heavy atom. The number of hydrogen-bond acceptors (Lipinski definition) is 3. The van der Waals surface area contributed by atoms with Crippen LogP contribution in [-0.2, 0) is 0 Å². The van der Waals surface area contributed by atoms with Gasteiger partial charge in [-0.2, -0.15) is 0 Å². The molecule has 0 N–H and O–H groups in total. The number of para-hydroxylation sites is 2. The van der Waals surface area contributed by atoms with Crippen molar-refractivity contribution in [3.05, 3.63) is 164 Å². The van der Waals surface area contributed by atoms with Gasteiger partial charge < -0.3 is 8.98 Å². The summed E-state index contributed by atoms with van der Waals surface area (Å²) in [6.07, 6.45) is 0. The van der Waals surface area contributed by atoms with Gasteiger partial charge in [0.2, 0.25) is 0 Å². The maximum Gasteiger partial charge on any atom is 0.135 e. The Bertz CT molecular complexity index is 3320. The Labute approximate surface area is 297 Å². The summed E-state index contributed by atoms with van der Waals surface area (Å²) in [7, 11) is 0. The molecule has 3 heterocycles. The van der Waals surface area contributed by atoms with E-state index in [1.807, 2.05) is 18.2 Å². The zero-order chi connectivity index (χ0) is 33.9. The van der Waals surface area contributed by atoms with Crippen molar-refractivity contribution in [2.75, 3.05) is 0 Å². The highest BCUT2D eigenvalue weighted by Gasteiger charge is 2.23. The summed E-state index contributed by atoms with van der Waals surface area (Å²) in [4.78, 5) is 10.6. The lowest BCUT2D eigenvalue weighted by Gasteiger charge is -2.17. The molecule has 0 saturated carbocycles. The topological polar surface area (TPSA) is 43.9 Å². The van der Waals surface area contributed by atoms with Crippen molar-refractivity contribution in [2.24, 2.45) is 0 Å². The third-order valence-electron chi connectivity index (χ3n) is 10.9. The van der Waals surface area contributed by atoms with Gasteiger partial charge in [-0.1, -0.05) is 109 Å². The van der Waals surface area contributed by atoms with Crippen molar-refractivity contribution in [2.45, 2.75) is 0 Å². The standard InChI is InChI=1S/C48H27N3O/c1-2-10-31-27-32(20-19-28(31)9-1)47-48(50-37-16-6-5-15-36(37)49-47)35-23-26-38(34-14-4-3-13-33(34)35)51-39-24-21-29-11-7-17-41-43(29)45(39)46-40(51)25-22-30-12-8-18-42(52-41)44(30)46/h1-27H. The van der Waals surface area contributed by atoms with Crippen molar-refractivity contribution in [3.8, 4) is 28.2 Å². The predicted molar refractivity (Wildman–Crippen MR) is 216 cm³/mol. The largest absolute Gasteiger partial charge is 0.456 e. The zero-order valence-corrected chi connectivity index (χ0v) is 27.8. The molecule has 4 heteroatoms. The van der Waals surface area contributed by atoms with Gasteiger partial charge in [0.05, 0.1) is 39.1 Å². The van der Waals surface area contributed by atoms with Crippen LogP contribution in [0.2, 0.25) is 0 Å². The second kappa shape index (κ2) is 10.3. The highest BCUT2D eigenvalue weighted by molar-refractivity contribution is 6.33. The van der Waals surface area contributed by atoms with E-state index < -0.39 is 0 Å². The third kappa shape index (κ3) is 3.75. The Morgan fingerprint density at radius 3 is 1.69 bits per heavy atom. The molecule has 0 aliphatic carbocycles. The molecule has 0 atom stereocenters. The molecule has 0 aliphatic heterocycles. The molecule has 0 amide bonds. The maximum atomic E-state index is 6.68. The van der Waals surface area contributed by atoms with E-state index in [9.17, 15) is 0 Å². The Kier molecular flexibility index (Phi) is 5.47. The van der Waals surface area contributed by atoms with E-state index in [0.29, 0.717) is 0 Å². The highest BCUT2D eigenvalue weighted by atomic mass is 16.3. The van der Waals surface area contributed by atoms with Crippen LogP contribution in [0, 0.1) is 0 Å². The van der Waals surface area contributed by atoms with Gasteiger partial charge in [0.25, 0.3) is 0 Å². The van der Waals surface area contributed by atoms with Crippen molar-refractivity contribution in [1.29, 1.82) is 0 Å². The minimum Gasteiger partial charge on any atom is -0.456 e. The van der Waals surface area contributed by atoms with Gasteiger partial charge >= 0.3 is 0 Å². The Balaban J connectivity index is 1.18. The summed E-state index contributed by atoms with van der Waals surface area (Å²) in [6.45, 7) is 0. The van der Waals surface area contributed by atoms with Gasteiger partial charge in [0, 0.05) is 38.1 Å². The van der Waals surface area contributed by atoms with E-state index in [0.717, 1.165) is 83.0 Å². The molecule has 0 spiro atoms. The normalized spacial score (nSPS) is 12.2. The van der Waals surface area contributed by atoms with E-state index in [1.165, 1.54) is 32.3 Å². The molecule has 12 rings (SSSR count). The fourth-order valence-corrected chi connectivity index (χ4v) is 8.64. The zero-order valence-electron chi connectivity index (χ0n) is 27.8. The number of benzene rings is 9.